The summed E-state index contributed by atoms with van der Waals surface area (Å²) >= 11 is 0. The Kier molecular flexibility index (Phi) is 4.96. The van der Waals surface area contributed by atoms with E-state index in [-0.39, 0.29) is 0 Å². The second kappa shape index (κ2) is 7.75. The summed E-state index contributed by atoms with van der Waals surface area (Å²) in [6.45, 7) is 6.83. The van der Waals surface area contributed by atoms with Crippen LogP contribution in [0.4, 0.5) is 5.69 Å². The number of anilines is 1. The van der Waals surface area contributed by atoms with Crippen LogP contribution in [0.2, 0.25) is 0 Å². The van der Waals surface area contributed by atoms with Crippen LogP contribution in [0.1, 0.15) is 26.2 Å². The van der Waals surface area contributed by atoms with E-state index in [4.69, 9.17) is 0 Å². The molecule has 6 nitrogen and oxygen atoms in total. The quantitative estimate of drug-likeness (QED) is 0.784. The highest BCUT2D eigenvalue weighted by Gasteiger charge is 2.45. The van der Waals surface area contributed by atoms with E-state index in [1.54, 1.807) is 12.4 Å². The van der Waals surface area contributed by atoms with E-state index in [0.717, 1.165) is 49.9 Å². The van der Waals surface area contributed by atoms with Crippen molar-refractivity contribution >= 4 is 11.6 Å². The Morgan fingerprint density at radius 1 is 1.07 bits per heavy atom. The number of likely N-dealkylation sites (tertiary alicyclic amines) is 2. The fourth-order valence-electron chi connectivity index (χ4n) is 5.21. The molecule has 1 aromatic carbocycles. The van der Waals surface area contributed by atoms with Gasteiger partial charge in [0.15, 0.2) is 5.82 Å². The zero-order valence-corrected chi connectivity index (χ0v) is 17.1. The van der Waals surface area contributed by atoms with Gasteiger partial charge in [0.1, 0.15) is 0 Å². The van der Waals surface area contributed by atoms with Crippen LogP contribution in [-0.4, -0.2) is 70.5 Å². The Bertz CT molecular complexity index is 855. The number of hydrogen-bond acceptors (Lipinski definition) is 5. The molecule has 0 aliphatic carbocycles. The largest absolute Gasteiger partial charge is 0.365 e. The molecule has 3 unspecified atom stereocenters. The highest BCUT2D eigenvalue weighted by atomic mass is 16.2. The third kappa shape index (κ3) is 3.62. The molecule has 0 radical (unpaired) electrons. The number of fused-ring (bicyclic) bond motifs is 2. The van der Waals surface area contributed by atoms with Crippen LogP contribution in [-0.2, 0) is 4.79 Å². The summed E-state index contributed by atoms with van der Waals surface area (Å²) in [4.78, 5) is 28.5. The second-order valence-corrected chi connectivity index (χ2v) is 8.66. The van der Waals surface area contributed by atoms with Crippen molar-refractivity contribution in [3.05, 3.63) is 42.7 Å². The standard InChI is InChI=1S/C23H29N5O/c1-2-17-8-11-26(13-17)16-22(29)28-15-20-12-21(28)14-27(20)19-6-4-18(5-7-19)23-24-9-3-10-25-23/h3-7,9-10,17,20-21H,2,8,11-16H2,1H3. The normalized spacial score (nSPS) is 26.4. The number of carbonyl (C=O) groups is 1. The van der Waals surface area contributed by atoms with Gasteiger partial charge < -0.3 is 9.80 Å². The van der Waals surface area contributed by atoms with Crippen LogP contribution in [0.25, 0.3) is 11.4 Å². The van der Waals surface area contributed by atoms with Crippen molar-refractivity contribution in [3.8, 4) is 11.4 Å². The van der Waals surface area contributed by atoms with Crippen molar-refractivity contribution < 1.29 is 4.79 Å². The first-order chi connectivity index (χ1) is 14.2. The number of rotatable bonds is 5. The Morgan fingerprint density at radius 3 is 2.52 bits per heavy atom. The van der Waals surface area contributed by atoms with Gasteiger partial charge in [-0.25, -0.2) is 9.97 Å². The fraction of sp³-hybridized carbons (Fsp3) is 0.522. The van der Waals surface area contributed by atoms with Crippen LogP contribution in [0.3, 0.4) is 0 Å². The molecule has 4 heterocycles. The maximum absolute atomic E-state index is 12.9. The average molecular weight is 392 g/mol. The van der Waals surface area contributed by atoms with Gasteiger partial charge in [-0.2, -0.15) is 0 Å². The first kappa shape index (κ1) is 18.6. The smallest absolute Gasteiger partial charge is 0.237 e. The lowest BCUT2D eigenvalue weighted by Gasteiger charge is -2.36. The molecule has 3 aliphatic heterocycles. The van der Waals surface area contributed by atoms with Gasteiger partial charge in [0, 0.05) is 49.3 Å². The number of piperazine rings is 1. The zero-order valence-electron chi connectivity index (χ0n) is 17.1. The predicted octanol–water partition coefficient (Wildman–Crippen LogP) is 2.67. The van der Waals surface area contributed by atoms with Gasteiger partial charge in [-0.1, -0.05) is 13.3 Å². The Balaban J connectivity index is 1.20. The molecule has 1 amide bonds. The molecular weight excluding hydrogens is 362 g/mol. The molecule has 0 spiro atoms. The van der Waals surface area contributed by atoms with Crippen molar-refractivity contribution in [2.24, 2.45) is 5.92 Å². The second-order valence-electron chi connectivity index (χ2n) is 8.66. The molecule has 6 heteroatoms. The van der Waals surface area contributed by atoms with Crippen molar-refractivity contribution in [3.63, 3.8) is 0 Å². The highest BCUT2D eigenvalue weighted by Crippen LogP contribution is 2.35. The van der Waals surface area contributed by atoms with E-state index in [0.29, 0.717) is 24.5 Å². The third-order valence-electron chi connectivity index (χ3n) is 6.89. The summed E-state index contributed by atoms with van der Waals surface area (Å²) in [5.41, 5.74) is 2.26. The third-order valence-corrected chi connectivity index (χ3v) is 6.89. The summed E-state index contributed by atoms with van der Waals surface area (Å²) in [6, 6.07) is 11.1. The predicted molar refractivity (Wildman–Crippen MR) is 114 cm³/mol. The van der Waals surface area contributed by atoms with Crippen molar-refractivity contribution in [2.75, 3.05) is 37.6 Å². The number of carbonyl (C=O) groups excluding carboxylic acids is 1. The van der Waals surface area contributed by atoms with Gasteiger partial charge in [0.2, 0.25) is 5.91 Å². The van der Waals surface area contributed by atoms with Crippen molar-refractivity contribution in [2.45, 2.75) is 38.3 Å². The fourth-order valence-corrected chi connectivity index (χ4v) is 5.21. The number of amides is 1. The van der Waals surface area contributed by atoms with E-state index >= 15 is 0 Å². The lowest BCUT2D eigenvalue weighted by atomic mass is 10.1. The molecule has 3 aliphatic rings. The summed E-state index contributed by atoms with van der Waals surface area (Å²) < 4.78 is 0. The van der Waals surface area contributed by atoms with Gasteiger partial charge in [-0.3, -0.25) is 9.69 Å². The van der Waals surface area contributed by atoms with Gasteiger partial charge in [0.25, 0.3) is 0 Å². The first-order valence-electron chi connectivity index (χ1n) is 10.9. The lowest BCUT2D eigenvalue weighted by Crippen LogP contribution is -2.51. The molecule has 29 heavy (non-hydrogen) atoms. The molecule has 5 rings (SSSR count). The number of aromatic nitrogens is 2. The molecule has 1 aromatic heterocycles. The zero-order chi connectivity index (χ0) is 19.8. The molecule has 152 valence electrons. The Labute approximate surface area is 172 Å². The topological polar surface area (TPSA) is 52.6 Å². The molecular formula is C23H29N5O. The SMILES string of the molecule is CCC1CCN(CC(=O)N2CC3CC2CN3c2ccc(-c3ncccn3)cc2)C1. The van der Waals surface area contributed by atoms with E-state index in [9.17, 15) is 4.79 Å². The first-order valence-corrected chi connectivity index (χ1v) is 10.9. The summed E-state index contributed by atoms with van der Waals surface area (Å²) in [7, 11) is 0. The summed E-state index contributed by atoms with van der Waals surface area (Å²) in [6.07, 6.45) is 7.10. The van der Waals surface area contributed by atoms with Crippen molar-refractivity contribution in [1.29, 1.82) is 0 Å². The number of hydrogen-bond donors (Lipinski definition) is 0. The van der Waals surface area contributed by atoms with E-state index in [1.165, 1.54) is 18.5 Å². The summed E-state index contributed by atoms with van der Waals surface area (Å²) in [5, 5.41) is 0. The molecule has 0 N–H and O–H groups in total. The number of nitrogens with zero attached hydrogens (tertiary/aromatic N) is 5. The molecule has 3 saturated heterocycles. The van der Waals surface area contributed by atoms with Crippen LogP contribution in [0.15, 0.2) is 42.7 Å². The van der Waals surface area contributed by atoms with E-state index in [2.05, 4.69) is 55.9 Å². The number of benzene rings is 1. The molecule has 2 aromatic rings. The molecule has 3 atom stereocenters. The molecule has 2 bridgehead atoms. The van der Waals surface area contributed by atoms with Gasteiger partial charge >= 0.3 is 0 Å². The van der Waals surface area contributed by atoms with Crippen molar-refractivity contribution in [1.82, 2.24) is 19.8 Å². The summed E-state index contributed by atoms with van der Waals surface area (Å²) in [5.74, 6) is 1.86. The van der Waals surface area contributed by atoms with Crippen LogP contribution < -0.4 is 4.90 Å². The highest BCUT2D eigenvalue weighted by molar-refractivity contribution is 5.80. The monoisotopic (exact) mass is 391 g/mol. The van der Waals surface area contributed by atoms with Crippen LogP contribution in [0.5, 0.6) is 0 Å². The minimum absolute atomic E-state index is 0.325. The van der Waals surface area contributed by atoms with Gasteiger partial charge in [-0.15, -0.1) is 0 Å². The van der Waals surface area contributed by atoms with Crippen LogP contribution in [0, 0.1) is 5.92 Å². The van der Waals surface area contributed by atoms with Gasteiger partial charge in [-0.05, 0) is 55.6 Å². The average Bonchev–Trinajstić information content (AvgIpc) is 3.50. The Morgan fingerprint density at radius 2 is 1.86 bits per heavy atom. The maximum Gasteiger partial charge on any atom is 0.237 e. The van der Waals surface area contributed by atoms with E-state index in [1.807, 2.05) is 6.07 Å². The van der Waals surface area contributed by atoms with Crippen LogP contribution >= 0.6 is 0 Å². The molecule has 0 saturated carbocycles. The Hall–Kier alpha value is -2.47. The maximum atomic E-state index is 12.9. The van der Waals surface area contributed by atoms with E-state index < -0.39 is 0 Å². The minimum atomic E-state index is 0.325. The molecule has 3 fully saturated rings. The minimum Gasteiger partial charge on any atom is -0.365 e. The lowest BCUT2D eigenvalue weighted by molar-refractivity contribution is -0.133. The van der Waals surface area contributed by atoms with Gasteiger partial charge in [0.05, 0.1) is 12.6 Å².